The van der Waals surface area contributed by atoms with Crippen molar-refractivity contribution in [1.82, 2.24) is 4.98 Å². The third-order valence-electron chi connectivity index (χ3n) is 3.28. The zero-order chi connectivity index (χ0) is 18.0. The topological polar surface area (TPSA) is 85.1 Å². The van der Waals surface area contributed by atoms with E-state index in [1.54, 1.807) is 17.5 Å². The first-order chi connectivity index (χ1) is 11.9. The van der Waals surface area contributed by atoms with Crippen LogP contribution in [0.3, 0.4) is 0 Å². The van der Waals surface area contributed by atoms with Gasteiger partial charge in [0.2, 0.25) is 0 Å². The van der Waals surface area contributed by atoms with Crippen molar-refractivity contribution in [3.8, 4) is 11.3 Å². The van der Waals surface area contributed by atoms with Gasteiger partial charge >= 0.3 is 0 Å². The fourth-order valence-corrected chi connectivity index (χ4v) is 2.74. The average molecular weight is 361 g/mol. The van der Waals surface area contributed by atoms with Crippen LogP contribution in [-0.4, -0.2) is 15.8 Å². The molecule has 0 radical (unpaired) electrons. The van der Waals surface area contributed by atoms with E-state index in [1.165, 1.54) is 18.2 Å². The van der Waals surface area contributed by atoms with Crippen molar-refractivity contribution in [3.05, 3.63) is 75.2 Å². The highest BCUT2D eigenvalue weighted by Crippen LogP contribution is 2.26. The minimum atomic E-state index is -1.11. The van der Waals surface area contributed by atoms with Crippen LogP contribution in [0.25, 0.3) is 11.3 Å². The fraction of sp³-hybridized carbons (Fsp3) is 0. The molecule has 25 heavy (non-hydrogen) atoms. The van der Waals surface area contributed by atoms with Crippen molar-refractivity contribution < 1.29 is 18.5 Å². The molecule has 0 saturated carbocycles. The van der Waals surface area contributed by atoms with Crippen LogP contribution in [0.1, 0.15) is 10.4 Å². The molecule has 3 aromatic rings. The third kappa shape index (κ3) is 3.66. The molecule has 6 nitrogen and oxygen atoms in total. The van der Waals surface area contributed by atoms with E-state index in [0.717, 1.165) is 23.5 Å². The molecule has 126 valence electrons. The van der Waals surface area contributed by atoms with Gasteiger partial charge in [-0.05, 0) is 30.3 Å². The Labute approximate surface area is 143 Å². The second kappa shape index (κ2) is 6.73. The van der Waals surface area contributed by atoms with Gasteiger partial charge in [0.25, 0.3) is 11.6 Å². The van der Waals surface area contributed by atoms with Crippen LogP contribution in [0.15, 0.2) is 47.8 Å². The lowest BCUT2D eigenvalue weighted by Crippen LogP contribution is -2.12. The molecule has 0 spiro atoms. The maximum Gasteiger partial charge on any atom is 0.269 e. The summed E-state index contributed by atoms with van der Waals surface area (Å²) in [5, 5.41) is 15.1. The number of benzene rings is 2. The zero-order valence-corrected chi connectivity index (χ0v) is 13.2. The summed E-state index contributed by atoms with van der Waals surface area (Å²) in [6.07, 6.45) is 0. The molecule has 0 saturated heterocycles. The van der Waals surface area contributed by atoms with Crippen LogP contribution < -0.4 is 5.32 Å². The second-order valence-electron chi connectivity index (χ2n) is 4.92. The number of thiazole rings is 1. The molecule has 3 rings (SSSR count). The lowest BCUT2D eigenvalue weighted by Gasteiger charge is -2.02. The molecule has 2 aromatic carbocycles. The number of nitro groups is 1. The van der Waals surface area contributed by atoms with Crippen LogP contribution in [0.2, 0.25) is 0 Å². The number of nitro benzene ring substituents is 1. The first-order valence-corrected chi connectivity index (χ1v) is 7.79. The number of rotatable bonds is 4. The summed E-state index contributed by atoms with van der Waals surface area (Å²) in [5.74, 6) is -2.77. The predicted molar refractivity (Wildman–Crippen MR) is 88.5 cm³/mol. The average Bonchev–Trinajstić information content (AvgIpc) is 3.05. The van der Waals surface area contributed by atoms with Crippen molar-refractivity contribution in [2.45, 2.75) is 0 Å². The normalized spacial score (nSPS) is 10.5. The van der Waals surface area contributed by atoms with Gasteiger partial charge in [0.1, 0.15) is 0 Å². The summed E-state index contributed by atoms with van der Waals surface area (Å²) in [4.78, 5) is 26.4. The number of halogens is 2. The Bertz CT molecular complexity index is 958. The van der Waals surface area contributed by atoms with Crippen LogP contribution in [0.4, 0.5) is 19.6 Å². The molecular weight excluding hydrogens is 352 g/mol. The number of amides is 1. The first-order valence-electron chi connectivity index (χ1n) is 6.91. The van der Waals surface area contributed by atoms with Crippen molar-refractivity contribution >= 4 is 28.1 Å². The van der Waals surface area contributed by atoms with Gasteiger partial charge in [-0.3, -0.25) is 20.2 Å². The largest absolute Gasteiger partial charge is 0.298 e. The molecule has 1 N–H and O–H groups in total. The van der Waals surface area contributed by atoms with Gasteiger partial charge < -0.3 is 0 Å². The van der Waals surface area contributed by atoms with E-state index in [4.69, 9.17) is 0 Å². The fourth-order valence-electron chi connectivity index (χ4n) is 2.02. The molecule has 0 bridgehead atoms. The lowest BCUT2D eigenvalue weighted by molar-refractivity contribution is -0.384. The zero-order valence-electron chi connectivity index (χ0n) is 12.4. The van der Waals surface area contributed by atoms with E-state index in [0.29, 0.717) is 11.3 Å². The van der Waals surface area contributed by atoms with Crippen LogP contribution in [-0.2, 0) is 0 Å². The Hall–Kier alpha value is -3.20. The maximum atomic E-state index is 13.2. The standard InChI is InChI=1S/C16H9F2N3O3S/c17-12-6-3-10(7-13(12)18)15(22)20-16-19-14(8-25-16)9-1-4-11(5-2-9)21(23)24/h1-8H,(H,19,20,22). The molecule has 0 aliphatic carbocycles. The molecule has 9 heteroatoms. The van der Waals surface area contributed by atoms with Crippen molar-refractivity contribution in [3.63, 3.8) is 0 Å². The molecular formula is C16H9F2N3O3S. The SMILES string of the molecule is O=C(Nc1nc(-c2ccc([N+](=O)[O-])cc2)cs1)c1ccc(F)c(F)c1. The molecule has 1 heterocycles. The number of carbonyl (C=O) groups excluding carboxylic acids is 1. The van der Waals surface area contributed by atoms with Crippen molar-refractivity contribution in [2.24, 2.45) is 0 Å². The number of nitrogens with one attached hydrogen (secondary N) is 1. The number of non-ortho nitro benzene ring substituents is 1. The Balaban J connectivity index is 1.75. The van der Waals surface area contributed by atoms with Crippen LogP contribution in [0.5, 0.6) is 0 Å². The summed E-state index contributed by atoms with van der Waals surface area (Å²) in [6, 6.07) is 8.65. The predicted octanol–water partition coefficient (Wildman–Crippen LogP) is 4.25. The molecule has 0 aliphatic heterocycles. The molecule has 0 unspecified atom stereocenters. The number of nitrogens with zero attached hydrogens (tertiary/aromatic N) is 2. The van der Waals surface area contributed by atoms with Gasteiger partial charge in [0.15, 0.2) is 16.8 Å². The number of hydrogen-bond acceptors (Lipinski definition) is 5. The minimum Gasteiger partial charge on any atom is -0.298 e. The minimum absolute atomic E-state index is 0.0361. The maximum absolute atomic E-state index is 13.2. The van der Waals surface area contributed by atoms with Gasteiger partial charge in [-0.1, -0.05) is 0 Å². The van der Waals surface area contributed by atoms with Crippen LogP contribution in [0, 0.1) is 21.7 Å². The lowest BCUT2D eigenvalue weighted by atomic mass is 10.1. The van der Waals surface area contributed by atoms with Crippen LogP contribution >= 0.6 is 11.3 Å². The van der Waals surface area contributed by atoms with E-state index in [9.17, 15) is 23.7 Å². The van der Waals surface area contributed by atoms with Gasteiger partial charge in [0, 0.05) is 28.6 Å². The van der Waals surface area contributed by atoms with Crippen molar-refractivity contribution in [1.29, 1.82) is 0 Å². The summed E-state index contributed by atoms with van der Waals surface area (Å²) in [5.41, 5.74) is 1.10. The second-order valence-corrected chi connectivity index (χ2v) is 5.78. The van der Waals surface area contributed by atoms with Gasteiger partial charge in [0.05, 0.1) is 10.6 Å². The Morgan fingerprint density at radius 1 is 1.12 bits per heavy atom. The molecule has 0 aliphatic rings. The van der Waals surface area contributed by atoms with E-state index in [-0.39, 0.29) is 16.4 Å². The highest BCUT2D eigenvalue weighted by Gasteiger charge is 2.13. The summed E-state index contributed by atoms with van der Waals surface area (Å²) in [6.45, 7) is 0. The van der Waals surface area contributed by atoms with Crippen molar-refractivity contribution in [2.75, 3.05) is 5.32 Å². The number of anilines is 1. The smallest absolute Gasteiger partial charge is 0.269 e. The van der Waals surface area contributed by atoms with E-state index in [2.05, 4.69) is 10.3 Å². The monoisotopic (exact) mass is 361 g/mol. The molecule has 1 aromatic heterocycles. The number of carbonyl (C=O) groups is 1. The first kappa shape index (κ1) is 16.7. The van der Waals surface area contributed by atoms with E-state index >= 15 is 0 Å². The Kier molecular flexibility index (Phi) is 4.48. The summed E-state index contributed by atoms with van der Waals surface area (Å²) in [7, 11) is 0. The Morgan fingerprint density at radius 3 is 2.48 bits per heavy atom. The van der Waals surface area contributed by atoms with E-state index < -0.39 is 22.5 Å². The van der Waals surface area contributed by atoms with Gasteiger partial charge in [-0.2, -0.15) is 0 Å². The quantitative estimate of drug-likeness (QED) is 0.556. The Morgan fingerprint density at radius 2 is 1.84 bits per heavy atom. The summed E-state index contributed by atoms with van der Waals surface area (Å²) < 4.78 is 26.1. The van der Waals surface area contributed by atoms with E-state index in [1.807, 2.05) is 0 Å². The molecule has 0 atom stereocenters. The number of aromatic nitrogens is 1. The van der Waals surface area contributed by atoms with Gasteiger partial charge in [-0.25, -0.2) is 13.8 Å². The molecule has 0 fully saturated rings. The van der Waals surface area contributed by atoms with Gasteiger partial charge in [-0.15, -0.1) is 11.3 Å². The third-order valence-corrected chi connectivity index (χ3v) is 4.04. The number of hydrogen-bond donors (Lipinski definition) is 1. The molecule has 1 amide bonds. The highest BCUT2D eigenvalue weighted by molar-refractivity contribution is 7.14. The summed E-state index contributed by atoms with van der Waals surface area (Å²) >= 11 is 1.14. The highest BCUT2D eigenvalue weighted by atomic mass is 32.1.